The molecule has 2 aromatic carbocycles. The van der Waals surface area contributed by atoms with Crippen LogP contribution in [-0.2, 0) is 20.7 Å². The molecule has 0 spiro atoms. The van der Waals surface area contributed by atoms with Crippen molar-refractivity contribution in [1.82, 2.24) is 24.3 Å². The van der Waals surface area contributed by atoms with Crippen LogP contribution in [0.25, 0.3) is 11.3 Å². The third-order valence-corrected chi connectivity index (χ3v) is 10.1. The Morgan fingerprint density at radius 1 is 0.980 bits per heavy atom. The van der Waals surface area contributed by atoms with Crippen molar-refractivity contribution in [2.45, 2.75) is 89.0 Å². The van der Waals surface area contributed by atoms with E-state index >= 15 is 0 Å². The van der Waals surface area contributed by atoms with E-state index < -0.39 is 11.2 Å². The highest BCUT2D eigenvalue weighted by atomic mass is 16.6. The Balaban J connectivity index is 1.28. The Kier molecular flexibility index (Phi) is 10.9. The van der Waals surface area contributed by atoms with Gasteiger partial charge in [0.05, 0.1) is 37.3 Å². The fourth-order valence-corrected chi connectivity index (χ4v) is 7.58. The molecule has 0 bridgehead atoms. The molecule has 11 nitrogen and oxygen atoms in total. The summed E-state index contributed by atoms with van der Waals surface area (Å²) in [6.45, 7) is 8.32. The van der Waals surface area contributed by atoms with Gasteiger partial charge in [0.2, 0.25) is 5.91 Å². The number of carbonyl (C=O) groups is 3. The van der Waals surface area contributed by atoms with Crippen molar-refractivity contribution in [2.24, 2.45) is 0 Å². The average molecular weight is 686 g/mol. The van der Waals surface area contributed by atoms with E-state index in [2.05, 4.69) is 0 Å². The minimum absolute atomic E-state index is 0.126. The Bertz CT molecular complexity index is 1620. The van der Waals surface area contributed by atoms with Crippen molar-refractivity contribution in [1.29, 1.82) is 0 Å². The second-order valence-corrected chi connectivity index (χ2v) is 14.9. The molecule has 0 radical (unpaired) electrons. The molecule has 2 unspecified atom stereocenters. The molecule has 3 heterocycles. The van der Waals surface area contributed by atoms with Gasteiger partial charge < -0.3 is 33.8 Å². The maximum Gasteiger partial charge on any atom is 0.410 e. The molecule has 3 aromatic rings. The number of benzene rings is 2. The quantitative estimate of drug-likeness (QED) is 0.287. The maximum atomic E-state index is 14.7. The van der Waals surface area contributed by atoms with E-state index in [1.54, 1.807) is 11.2 Å². The molecule has 3 amide bonds. The third-order valence-electron chi connectivity index (χ3n) is 10.1. The molecule has 1 aliphatic carbocycles. The zero-order chi connectivity index (χ0) is 35.3. The summed E-state index contributed by atoms with van der Waals surface area (Å²) >= 11 is 0. The van der Waals surface area contributed by atoms with Gasteiger partial charge in [-0.2, -0.15) is 0 Å². The number of imidazole rings is 1. The van der Waals surface area contributed by atoms with E-state index in [-0.39, 0.29) is 36.6 Å². The summed E-state index contributed by atoms with van der Waals surface area (Å²) in [5.41, 5.74) is 1.08. The highest BCUT2D eigenvalue weighted by Crippen LogP contribution is 2.41. The normalized spacial score (nSPS) is 23.0. The molecule has 3 atom stereocenters. The molecule has 6 rings (SSSR count). The number of amides is 3. The smallest absolute Gasteiger partial charge is 0.410 e. The molecule has 1 aromatic heterocycles. The predicted octanol–water partition coefficient (Wildman–Crippen LogP) is 5.34. The topological polar surface area (TPSA) is 117 Å². The second kappa shape index (κ2) is 15.3. The lowest BCUT2D eigenvalue weighted by molar-refractivity contribution is -0.129. The first kappa shape index (κ1) is 35.6. The van der Waals surface area contributed by atoms with Crippen LogP contribution in [0.15, 0.2) is 67.0 Å². The number of likely N-dealkylation sites (tertiary alicyclic amines) is 1. The Morgan fingerprint density at radius 3 is 2.42 bits per heavy atom. The Morgan fingerprint density at radius 2 is 1.72 bits per heavy atom. The number of ether oxygens (including phenoxy) is 2. The SMILES string of the molecule is CC(C)(C)OC(=O)N1CCN(C(=O)c2ncn(C3CCCCC3(O)COCCN3CCCC3=O)c2-c2ccccc2)[C@H](Cc2ccccc2)C1. The van der Waals surface area contributed by atoms with Gasteiger partial charge in [-0.1, -0.05) is 73.5 Å². The van der Waals surface area contributed by atoms with E-state index in [9.17, 15) is 19.5 Å². The molecular formula is C39H51N5O6. The molecule has 3 fully saturated rings. The maximum absolute atomic E-state index is 14.7. The highest BCUT2D eigenvalue weighted by molar-refractivity contribution is 5.98. The average Bonchev–Trinajstić information content (AvgIpc) is 3.73. The first-order valence-corrected chi connectivity index (χ1v) is 18.1. The van der Waals surface area contributed by atoms with Crippen molar-refractivity contribution < 1.29 is 29.0 Å². The number of hydrogen-bond donors (Lipinski definition) is 1. The number of rotatable bonds is 10. The Labute approximate surface area is 295 Å². The largest absolute Gasteiger partial charge is 0.444 e. The molecule has 2 aliphatic heterocycles. The van der Waals surface area contributed by atoms with Crippen molar-refractivity contribution in [3.63, 3.8) is 0 Å². The predicted molar refractivity (Wildman–Crippen MR) is 190 cm³/mol. The van der Waals surface area contributed by atoms with Gasteiger partial charge in [0.15, 0.2) is 5.69 Å². The zero-order valence-electron chi connectivity index (χ0n) is 29.6. The van der Waals surface area contributed by atoms with Gasteiger partial charge in [-0.25, -0.2) is 9.78 Å². The molecule has 2 saturated heterocycles. The molecule has 1 saturated carbocycles. The number of piperazine rings is 1. The van der Waals surface area contributed by atoms with Crippen LogP contribution in [0.4, 0.5) is 4.79 Å². The van der Waals surface area contributed by atoms with Gasteiger partial charge in [0, 0.05) is 44.7 Å². The fourth-order valence-electron chi connectivity index (χ4n) is 7.58. The number of carbonyl (C=O) groups excluding carboxylic acids is 3. The Hall–Kier alpha value is -4.22. The molecule has 50 heavy (non-hydrogen) atoms. The molecule has 1 N–H and O–H groups in total. The van der Waals surface area contributed by atoms with Crippen LogP contribution in [0, 0.1) is 0 Å². The van der Waals surface area contributed by atoms with E-state index in [4.69, 9.17) is 14.5 Å². The van der Waals surface area contributed by atoms with Crippen LogP contribution in [0.2, 0.25) is 0 Å². The zero-order valence-corrected chi connectivity index (χ0v) is 29.6. The third kappa shape index (κ3) is 8.21. The van der Waals surface area contributed by atoms with Crippen molar-refractivity contribution in [3.8, 4) is 11.3 Å². The monoisotopic (exact) mass is 685 g/mol. The van der Waals surface area contributed by atoms with E-state index in [0.717, 1.165) is 36.9 Å². The lowest BCUT2D eigenvalue weighted by atomic mass is 9.80. The summed E-state index contributed by atoms with van der Waals surface area (Å²) in [4.78, 5) is 50.1. The molecule has 268 valence electrons. The first-order chi connectivity index (χ1) is 24.0. The van der Waals surface area contributed by atoms with Gasteiger partial charge in [0.1, 0.15) is 11.2 Å². The van der Waals surface area contributed by atoms with Crippen LogP contribution >= 0.6 is 0 Å². The van der Waals surface area contributed by atoms with E-state index in [1.165, 1.54) is 0 Å². The van der Waals surface area contributed by atoms with Gasteiger partial charge in [-0.15, -0.1) is 0 Å². The number of hydrogen-bond acceptors (Lipinski definition) is 7. The summed E-state index contributed by atoms with van der Waals surface area (Å²) < 4.78 is 13.8. The van der Waals surface area contributed by atoms with E-state index in [0.29, 0.717) is 69.9 Å². The number of aromatic nitrogens is 2. The lowest BCUT2D eigenvalue weighted by Crippen LogP contribution is -2.58. The summed E-state index contributed by atoms with van der Waals surface area (Å²) in [6.07, 6.45) is 6.40. The van der Waals surface area contributed by atoms with Crippen LogP contribution in [0.5, 0.6) is 0 Å². The van der Waals surface area contributed by atoms with Crippen molar-refractivity contribution in [3.05, 3.63) is 78.2 Å². The van der Waals surface area contributed by atoms with E-state index in [1.807, 2.05) is 95.8 Å². The van der Waals surface area contributed by atoms with Crippen molar-refractivity contribution >= 4 is 17.9 Å². The molecule has 3 aliphatic rings. The second-order valence-electron chi connectivity index (χ2n) is 14.9. The first-order valence-electron chi connectivity index (χ1n) is 18.1. The summed E-state index contributed by atoms with van der Waals surface area (Å²) in [6, 6.07) is 19.1. The fraction of sp³-hybridized carbons (Fsp3) is 0.538. The lowest BCUT2D eigenvalue weighted by Gasteiger charge is -2.42. The molecular weight excluding hydrogens is 634 g/mol. The van der Waals surface area contributed by atoms with Crippen LogP contribution < -0.4 is 0 Å². The number of nitrogens with zero attached hydrogens (tertiary/aromatic N) is 5. The summed E-state index contributed by atoms with van der Waals surface area (Å²) in [5, 5.41) is 12.2. The summed E-state index contributed by atoms with van der Waals surface area (Å²) in [5.74, 6) is -0.0542. The van der Waals surface area contributed by atoms with Crippen molar-refractivity contribution in [2.75, 3.05) is 45.9 Å². The summed E-state index contributed by atoms with van der Waals surface area (Å²) in [7, 11) is 0. The van der Waals surface area contributed by atoms with Crippen LogP contribution in [0.3, 0.4) is 0 Å². The van der Waals surface area contributed by atoms with Gasteiger partial charge in [-0.3, -0.25) is 9.59 Å². The van der Waals surface area contributed by atoms with Crippen LogP contribution in [-0.4, -0.2) is 110 Å². The molecule has 11 heteroatoms. The minimum atomic E-state index is -1.17. The van der Waals surface area contributed by atoms with Gasteiger partial charge in [0.25, 0.3) is 5.91 Å². The van der Waals surface area contributed by atoms with Gasteiger partial charge >= 0.3 is 6.09 Å². The van der Waals surface area contributed by atoms with Crippen LogP contribution in [0.1, 0.15) is 81.4 Å². The van der Waals surface area contributed by atoms with Gasteiger partial charge in [-0.05, 0) is 52.0 Å². The highest BCUT2D eigenvalue weighted by Gasteiger charge is 2.43. The minimum Gasteiger partial charge on any atom is -0.444 e. The standard InChI is InChI=1S/C39H51N5O6/c1-38(2,3)50-37(47)42-21-22-43(31(26-42)25-29-13-6-4-7-14-29)36(46)34-35(30-15-8-5-9-16-30)44(28-40-34)32-17-10-11-19-39(32,48)27-49-24-23-41-20-12-18-33(41)45/h4-9,13-16,28,31-32,48H,10-12,17-27H2,1-3H3/t31-,32?,39?/m1/s1. The number of aliphatic hydroxyl groups is 1.